The molecule has 0 radical (unpaired) electrons. The van der Waals surface area contributed by atoms with Crippen molar-refractivity contribution >= 4 is 17.3 Å². The van der Waals surface area contributed by atoms with Crippen LogP contribution >= 0.6 is 0 Å². The second-order valence-corrected chi connectivity index (χ2v) is 3.92. The minimum absolute atomic E-state index is 0.264. The van der Waals surface area contributed by atoms with E-state index in [-0.39, 0.29) is 6.54 Å². The number of nitrogens with one attached hydrogen (secondary N) is 1. The lowest BCUT2D eigenvalue weighted by Gasteiger charge is -2.08. The smallest absolute Gasteiger partial charge is 0.293 e. The van der Waals surface area contributed by atoms with Crippen molar-refractivity contribution in [3.8, 4) is 0 Å². The van der Waals surface area contributed by atoms with Gasteiger partial charge in [0.1, 0.15) is 17.1 Å². The molecule has 0 unspecified atom stereocenters. The maximum atomic E-state index is 13.6. The van der Waals surface area contributed by atoms with Gasteiger partial charge >= 0.3 is 0 Å². The molecule has 1 aromatic rings. The molecule has 0 heterocycles. The fourth-order valence-electron chi connectivity index (χ4n) is 1.58. The summed E-state index contributed by atoms with van der Waals surface area (Å²) < 4.78 is 18.7. The molecular weight excluding hydrogens is 269 g/mol. The summed E-state index contributed by atoms with van der Waals surface area (Å²) in [5.41, 5.74) is 4.00. The number of nitrogen functional groups attached to an aromatic ring is 1. The number of nitrogens with two attached hydrogens (primary N) is 1. The Hall–Kier alpha value is -2.22. The van der Waals surface area contributed by atoms with Gasteiger partial charge in [-0.1, -0.05) is 0 Å². The van der Waals surface area contributed by atoms with Crippen molar-refractivity contribution in [1.82, 2.24) is 5.32 Å². The maximum absolute atomic E-state index is 13.6. The van der Waals surface area contributed by atoms with Gasteiger partial charge in [0, 0.05) is 25.8 Å². The molecule has 0 spiro atoms. The quantitative estimate of drug-likeness (QED) is 0.341. The number of carbonyl (C=O) groups excluding carboxylic acids is 1. The van der Waals surface area contributed by atoms with E-state index in [1.54, 1.807) is 0 Å². The van der Waals surface area contributed by atoms with Crippen LogP contribution in [0, 0.1) is 15.9 Å². The third-order valence-electron chi connectivity index (χ3n) is 2.55. The van der Waals surface area contributed by atoms with Gasteiger partial charge in [-0.3, -0.25) is 14.9 Å². The Morgan fingerprint density at radius 3 is 2.85 bits per heavy atom. The molecule has 0 aliphatic rings. The van der Waals surface area contributed by atoms with E-state index in [1.165, 1.54) is 0 Å². The first-order valence-electron chi connectivity index (χ1n) is 6.07. The van der Waals surface area contributed by atoms with E-state index >= 15 is 0 Å². The zero-order valence-corrected chi connectivity index (χ0v) is 11.0. The largest absolute Gasteiger partial charge is 0.392 e. The van der Waals surface area contributed by atoms with Gasteiger partial charge in [-0.2, -0.15) is 0 Å². The predicted molar refractivity (Wildman–Crippen MR) is 70.9 cm³/mol. The highest BCUT2D eigenvalue weighted by Crippen LogP contribution is 2.27. The number of carbonyl (C=O) groups is 1. The molecule has 0 bridgehead atoms. The summed E-state index contributed by atoms with van der Waals surface area (Å²) in [6.45, 7) is 3.14. The third-order valence-corrected chi connectivity index (χ3v) is 2.55. The van der Waals surface area contributed by atoms with Crippen LogP contribution in [-0.4, -0.2) is 30.6 Å². The number of rotatable bonds is 7. The highest BCUT2D eigenvalue weighted by Gasteiger charge is 2.23. The van der Waals surface area contributed by atoms with Gasteiger partial charge < -0.3 is 15.8 Å². The second-order valence-electron chi connectivity index (χ2n) is 3.92. The fraction of sp³-hybridized carbons (Fsp3) is 0.417. The molecule has 110 valence electrons. The van der Waals surface area contributed by atoms with E-state index in [0.29, 0.717) is 19.6 Å². The molecule has 1 rings (SSSR count). The van der Waals surface area contributed by atoms with E-state index in [9.17, 15) is 19.3 Å². The second kappa shape index (κ2) is 7.39. The van der Waals surface area contributed by atoms with E-state index in [0.717, 1.165) is 12.1 Å². The van der Waals surface area contributed by atoms with Crippen molar-refractivity contribution < 1.29 is 18.8 Å². The molecule has 8 heteroatoms. The van der Waals surface area contributed by atoms with Crippen molar-refractivity contribution in [3.63, 3.8) is 0 Å². The third kappa shape index (κ3) is 3.89. The number of hydrogen-bond acceptors (Lipinski definition) is 5. The lowest BCUT2D eigenvalue weighted by Crippen LogP contribution is -2.27. The van der Waals surface area contributed by atoms with E-state index in [1.807, 2.05) is 6.92 Å². The minimum Gasteiger partial charge on any atom is -0.392 e. The Balaban J connectivity index is 2.77. The molecule has 3 N–H and O–H groups in total. The number of nitrogens with zero attached hydrogens (tertiary/aromatic N) is 1. The highest BCUT2D eigenvalue weighted by atomic mass is 19.1. The summed E-state index contributed by atoms with van der Waals surface area (Å²) in [7, 11) is 0. The summed E-state index contributed by atoms with van der Waals surface area (Å²) >= 11 is 0. The van der Waals surface area contributed by atoms with Gasteiger partial charge in [-0.25, -0.2) is 4.39 Å². The van der Waals surface area contributed by atoms with Crippen molar-refractivity contribution in [2.75, 3.05) is 25.5 Å². The monoisotopic (exact) mass is 285 g/mol. The average Bonchev–Trinajstić information content (AvgIpc) is 2.38. The zero-order valence-electron chi connectivity index (χ0n) is 11.0. The van der Waals surface area contributed by atoms with Gasteiger partial charge in [-0.15, -0.1) is 0 Å². The molecular formula is C12H16FN3O4. The van der Waals surface area contributed by atoms with Crippen LogP contribution in [0.4, 0.5) is 15.8 Å². The van der Waals surface area contributed by atoms with Crippen molar-refractivity contribution in [2.45, 2.75) is 13.3 Å². The summed E-state index contributed by atoms with van der Waals surface area (Å²) in [5.74, 6) is -1.67. The topological polar surface area (TPSA) is 107 Å². The molecule has 0 aliphatic heterocycles. The fourth-order valence-corrected chi connectivity index (χ4v) is 1.58. The minimum atomic E-state index is -0.893. The van der Waals surface area contributed by atoms with Gasteiger partial charge in [0.05, 0.1) is 4.92 Å². The summed E-state index contributed by atoms with van der Waals surface area (Å²) in [6.07, 6.45) is 0.552. The number of anilines is 1. The number of ether oxygens (including phenoxy) is 1. The number of amides is 1. The molecule has 0 saturated heterocycles. The van der Waals surface area contributed by atoms with Crippen LogP contribution in [0.25, 0.3) is 0 Å². The van der Waals surface area contributed by atoms with E-state index < -0.39 is 33.6 Å². The first-order chi connectivity index (χ1) is 9.49. The molecule has 20 heavy (non-hydrogen) atoms. The molecule has 7 nitrogen and oxygen atoms in total. The average molecular weight is 285 g/mol. The van der Waals surface area contributed by atoms with Crippen molar-refractivity contribution in [1.29, 1.82) is 0 Å². The first kappa shape index (κ1) is 15.8. The van der Waals surface area contributed by atoms with Crippen LogP contribution in [0.1, 0.15) is 23.7 Å². The standard InChI is InChI=1S/C12H16FN3O4/c1-2-20-7-3-6-15-12(17)10-8(13)4-5-9(11(10)14)16(18)19/h4-5H,2-3,6-7,14H2,1H3,(H,15,17). The zero-order chi connectivity index (χ0) is 15.1. The molecule has 0 atom stereocenters. The molecule has 0 aromatic heterocycles. The summed E-state index contributed by atoms with van der Waals surface area (Å²) in [4.78, 5) is 21.7. The Morgan fingerprint density at radius 2 is 2.25 bits per heavy atom. The summed E-state index contributed by atoms with van der Waals surface area (Å²) in [5, 5.41) is 13.1. The van der Waals surface area contributed by atoms with Gasteiger partial charge in [0.15, 0.2) is 0 Å². The van der Waals surface area contributed by atoms with Gasteiger partial charge in [0.2, 0.25) is 0 Å². The maximum Gasteiger partial charge on any atom is 0.293 e. The Labute approximate surface area is 115 Å². The number of benzene rings is 1. The summed E-state index contributed by atoms with van der Waals surface area (Å²) in [6, 6.07) is 1.78. The Kier molecular flexibility index (Phi) is 5.85. The van der Waals surface area contributed by atoms with Crippen LogP contribution in [0.2, 0.25) is 0 Å². The van der Waals surface area contributed by atoms with Crippen LogP contribution < -0.4 is 11.1 Å². The lowest BCUT2D eigenvalue weighted by molar-refractivity contribution is -0.384. The predicted octanol–water partition coefficient (Wildman–Crippen LogP) is 1.47. The molecule has 0 saturated carbocycles. The Morgan fingerprint density at radius 1 is 1.55 bits per heavy atom. The molecule has 1 amide bonds. The number of nitro groups is 1. The normalized spacial score (nSPS) is 10.3. The molecule has 1 aromatic carbocycles. The van der Waals surface area contributed by atoms with E-state index in [2.05, 4.69) is 5.32 Å². The first-order valence-corrected chi connectivity index (χ1v) is 6.07. The molecule has 0 aliphatic carbocycles. The SMILES string of the molecule is CCOCCCNC(=O)c1c(F)ccc([N+](=O)[O-])c1N. The van der Waals surface area contributed by atoms with E-state index in [4.69, 9.17) is 10.5 Å². The number of hydrogen-bond donors (Lipinski definition) is 2. The van der Waals surface area contributed by atoms with Gasteiger partial charge in [-0.05, 0) is 19.4 Å². The van der Waals surface area contributed by atoms with Crippen LogP contribution in [0.15, 0.2) is 12.1 Å². The van der Waals surface area contributed by atoms with Crippen LogP contribution in [0.3, 0.4) is 0 Å². The van der Waals surface area contributed by atoms with Gasteiger partial charge in [0.25, 0.3) is 11.6 Å². The highest BCUT2D eigenvalue weighted by molar-refractivity contribution is 6.01. The lowest BCUT2D eigenvalue weighted by atomic mass is 10.1. The van der Waals surface area contributed by atoms with Crippen molar-refractivity contribution in [2.24, 2.45) is 0 Å². The molecule has 0 fully saturated rings. The van der Waals surface area contributed by atoms with Crippen LogP contribution in [0.5, 0.6) is 0 Å². The Bertz CT molecular complexity index is 508. The number of halogens is 1. The van der Waals surface area contributed by atoms with Crippen LogP contribution in [-0.2, 0) is 4.74 Å². The number of nitro benzene ring substituents is 1. The van der Waals surface area contributed by atoms with Crippen molar-refractivity contribution in [3.05, 3.63) is 33.6 Å².